The molecule has 0 unspecified atom stereocenters. The lowest BCUT2D eigenvalue weighted by Gasteiger charge is -2.51. The van der Waals surface area contributed by atoms with Crippen molar-refractivity contribution in [3.63, 3.8) is 0 Å². The highest BCUT2D eigenvalue weighted by Gasteiger charge is 2.62. The summed E-state index contributed by atoms with van der Waals surface area (Å²) in [4.78, 5) is 83.3. The fourth-order valence-electron chi connectivity index (χ4n) is 8.48. The van der Waals surface area contributed by atoms with E-state index in [-0.39, 0.29) is 47.5 Å². The van der Waals surface area contributed by atoms with Gasteiger partial charge in [-0.3, -0.25) is 28.5 Å². The first-order valence-electron chi connectivity index (χ1n) is 22.4. The fraction of sp³-hybridized carbons (Fsp3) is 0.458. The highest BCUT2D eigenvalue weighted by Crippen LogP contribution is 2.48. The summed E-state index contributed by atoms with van der Waals surface area (Å²) in [6.07, 6.45) is -3.33. The Morgan fingerprint density at radius 2 is 1.20 bits per heavy atom. The molecule has 2 aliphatic rings. The zero-order valence-corrected chi connectivity index (χ0v) is 40.8. The Kier molecular flexibility index (Phi) is 16.7. The summed E-state index contributed by atoms with van der Waals surface area (Å²) in [6, 6.07) is 27.0. The number of hydrogen-bond donors (Lipinski definition) is 0. The molecule has 4 atom stereocenters. The van der Waals surface area contributed by atoms with Gasteiger partial charge in [0.15, 0.2) is 6.23 Å². The van der Waals surface area contributed by atoms with Gasteiger partial charge in [-0.15, -0.1) is 0 Å². The number of esters is 2. The summed E-state index contributed by atoms with van der Waals surface area (Å²) >= 11 is 0. The molecule has 1 amide bonds. The van der Waals surface area contributed by atoms with E-state index in [0.717, 1.165) is 26.7 Å². The van der Waals surface area contributed by atoms with Gasteiger partial charge in [0.1, 0.15) is 51.2 Å². The third-order valence-corrected chi connectivity index (χ3v) is 22.3. The number of aromatic nitrogens is 2. The molecule has 6 rings (SSSR count). The predicted molar refractivity (Wildman–Crippen MR) is 248 cm³/mol. The van der Waals surface area contributed by atoms with Crippen LogP contribution in [0.4, 0.5) is 0 Å². The molecule has 18 heteroatoms. The van der Waals surface area contributed by atoms with E-state index in [0.29, 0.717) is 4.57 Å². The number of benzene rings is 3. The summed E-state index contributed by atoms with van der Waals surface area (Å²) in [5.74, 6) is -3.21. The predicted octanol–water partition coefficient (Wildman–Crippen LogP) is 6.25. The molecule has 2 aliphatic heterocycles. The SMILES string of the molecule is CC(C)[Si]1(C(C)C)OC[C@H]2O[C@@H](n3ccc(=O)n(C(=O)c4ccccc4)c3=O)[C@H](OCC(=O)N(CC(=O)OCc3ccccc3)CC(=O)OCc3ccccc3)[C@@H]2O[Si](C(C)C)(C(C)C)O1. The summed E-state index contributed by atoms with van der Waals surface area (Å²) in [5.41, 5.74) is -0.573. The third-order valence-electron chi connectivity index (χ3n) is 12.0. The maximum absolute atomic E-state index is 14.4. The molecule has 16 nitrogen and oxygen atoms in total. The summed E-state index contributed by atoms with van der Waals surface area (Å²) < 4.78 is 47.5. The first kappa shape index (κ1) is 50.1. The normalized spacial score (nSPS) is 20.1. The zero-order chi connectivity index (χ0) is 47.8. The second-order valence-corrected chi connectivity index (χ2v) is 26.6. The molecule has 4 aromatic rings. The monoisotopic (exact) mass is 943 g/mol. The molecule has 66 heavy (non-hydrogen) atoms. The topological polar surface area (TPSA) is 180 Å². The molecule has 1 aromatic heterocycles. The Bertz CT molecular complexity index is 2340. The van der Waals surface area contributed by atoms with Crippen molar-refractivity contribution in [1.29, 1.82) is 0 Å². The van der Waals surface area contributed by atoms with Gasteiger partial charge in [0.2, 0.25) is 5.91 Å². The van der Waals surface area contributed by atoms with Crippen LogP contribution in [0.25, 0.3) is 0 Å². The molecule has 3 heterocycles. The van der Waals surface area contributed by atoms with Crippen LogP contribution in [-0.2, 0) is 59.5 Å². The van der Waals surface area contributed by atoms with Crippen LogP contribution in [0.1, 0.15) is 83.1 Å². The quantitative estimate of drug-likeness (QED) is 0.0857. The molecule has 2 fully saturated rings. The van der Waals surface area contributed by atoms with Crippen molar-refractivity contribution in [2.24, 2.45) is 0 Å². The van der Waals surface area contributed by atoms with Gasteiger partial charge in [-0.05, 0) is 45.4 Å². The number of rotatable bonds is 17. The van der Waals surface area contributed by atoms with Gasteiger partial charge in [-0.2, -0.15) is 4.57 Å². The van der Waals surface area contributed by atoms with Crippen LogP contribution in [0.5, 0.6) is 0 Å². The molecular formula is C48H61N3O13Si2. The first-order valence-corrected chi connectivity index (χ1v) is 26.3. The standard InChI is InChI=1S/C48H61N3O13Si2/c1-32(2)65(33(3)4)61-30-39-44(63-66(64-65,34(5)6)35(7)8)45(47(62-39)50-25-24-40(52)51(48(50)57)46(56)38-22-16-11-17-23-38)60-31-41(53)49(26-42(54)58-28-36-18-12-9-13-19-36)27-43(55)59-29-37-20-14-10-15-21-37/h9-25,32-35,39,44-45,47H,26-31H2,1-8H3/t39-,44-,45-,47-/m1/s1. The number of carbonyl (C=O) groups excluding carboxylic acids is 4. The Morgan fingerprint density at radius 3 is 1.70 bits per heavy atom. The van der Waals surface area contributed by atoms with Crippen molar-refractivity contribution in [2.75, 3.05) is 26.3 Å². The van der Waals surface area contributed by atoms with E-state index in [1.54, 1.807) is 66.7 Å². The smallest absolute Gasteiger partial charge is 0.340 e. The van der Waals surface area contributed by atoms with Crippen LogP contribution < -0.4 is 11.2 Å². The molecule has 0 aliphatic carbocycles. The molecule has 354 valence electrons. The summed E-state index contributed by atoms with van der Waals surface area (Å²) in [7, 11) is -6.44. The third kappa shape index (κ3) is 11.2. The molecular weight excluding hydrogens is 883 g/mol. The van der Waals surface area contributed by atoms with E-state index in [1.165, 1.54) is 18.3 Å². The van der Waals surface area contributed by atoms with Crippen LogP contribution in [-0.4, -0.2) is 99.5 Å². The lowest BCUT2D eigenvalue weighted by atomic mass is 10.1. The fourth-order valence-corrected chi connectivity index (χ4v) is 19.7. The average Bonchev–Trinajstić information content (AvgIpc) is 3.62. The second kappa shape index (κ2) is 22.0. The molecule has 0 N–H and O–H groups in total. The minimum atomic E-state index is -3.37. The minimum absolute atomic E-state index is 0.00353. The van der Waals surface area contributed by atoms with Crippen molar-refractivity contribution >= 4 is 40.9 Å². The van der Waals surface area contributed by atoms with E-state index in [4.69, 9.17) is 31.9 Å². The Labute approximate surface area is 387 Å². The minimum Gasteiger partial charge on any atom is -0.459 e. The van der Waals surface area contributed by atoms with Gasteiger partial charge in [0.25, 0.3) is 11.5 Å². The number of carbonyl (C=O) groups is 4. The maximum atomic E-state index is 14.4. The Morgan fingerprint density at radius 1 is 0.697 bits per heavy atom. The van der Waals surface area contributed by atoms with Crippen LogP contribution in [0.2, 0.25) is 22.2 Å². The van der Waals surface area contributed by atoms with Gasteiger partial charge < -0.3 is 36.8 Å². The van der Waals surface area contributed by atoms with E-state index >= 15 is 0 Å². The highest BCUT2D eigenvalue weighted by molar-refractivity contribution is 6.84. The van der Waals surface area contributed by atoms with E-state index < -0.39 is 96.4 Å². The Balaban J connectivity index is 1.37. The maximum Gasteiger partial charge on any atom is 0.340 e. The van der Waals surface area contributed by atoms with Crippen LogP contribution in [0.15, 0.2) is 113 Å². The molecule has 0 saturated carbocycles. The molecule has 2 saturated heterocycles. The van der Waals surface area contributed by atoms with Crippen molar-refractivity contribution < 1.29 is 51.1 Å². The van der Waals surface area contributed by atoms with Gasteiger partial charge in [-0.25, -0.2) is 4.79 Å². The lowest BCUT2D eigenvalue weighted by Crippen LogP contribution is -2.66. The summed E-state index contributed by atoms with van der Waals surface area (Å²) in [5, 5.41) is 0. The number of nitrogens with zero attached hydrogens (tertiary/aromatic N) is 3. The lowest BCUT2D eigenvalue weighted by molar-refractivity contribution is -0.159. The van der Waals surface area contributed by atoms with Crippen LogP contribution in [0, 0.1) is 0 Å². The molecule has 0 spiro atoms. The van der Waals surface area contributed by atoms with Gasteiger partial charge >= 0.3 is 34.8 Å². The Hall–Kier alpha value is -5.35. The van der Waals surface area contributed by atoms with E-state index in [2.05, 4.69) is 27.7 Å². The van der Waals surface area contributed by atoms with Crippen LogP contribution >= 0.6 is 0 Å². The first-order chi connectivity index (χ1) is 31.5. The average molecular weight is 944 g/mol. The number of hydrogen-bond acceptors (Lipinski definition) is 13. The van der Waals surface area contributed by atoms with Gasteiger partial charge in [-0.1, -0.05) is 134 Å². The number of ether oxygens (including phenoxy) is 4. The van der Waals surface area contributed by atoms with Gasteiger partial charge in [0, 0.05) is 17.8 Å². The molecule has 0 bridgehead atoms. The van der Waals surface area contributed by atoms with E-state index in [1.807, 2.05) is 39.8 Å². The van der Waals surface area contributed by atoms with Crippen LogP contribution in [0.3, 0.4) is 0 Å². The summed E-state index contributed by atoms with van der Waals surface area (Å²) in [6.45, 7) is 14.3. The van der Waals surface area contributed by atoms with Crippen molar-refractivity contribution in [1.82, 2.24) is 14.0 Å². The highest BCUT2D eigenvalue weighted by atomic mass is 28.5. The van der Waals surface area contributed by atoms with Gasteiger partial charge in [0.05, 0.1) is 6.61 Å². The number of amides is 1. The van der Waals surface area contributed by atoms with Crippen molar-refractivity contribution in [3.8, 4) is 0 Å². The number of fused-ring (bicyclic) bond motifs is 1. The van der Waals surface area contributed by atoms with Crippen molar-refractivity contribution in [2.45, 2.75) is 115 Å². The van der Waals surface area contributed by atoms with E-state index in [9.17, 15) is 28.8 Å². The molecule has 0 radical (unpaired) electrons. The zero-order valence-electron chi connectivity index (χ0n) is 38.8. The second-order valence-electron chi connectivity index (χ2n) is 17.8. The largest absolute Gasteiger partial charge is 0.459 e. The molecule has 3 aromatic carbocycles. The van der Waals surface area contributed by atoms with Crippen molar-refractivity contribution in [3.05, 3.63) is 141 Å².